The number of hydrogen-bond acceptors (Lipinski definition) is 3. The van der Waals surface area contributed by atoms with Gasteiger partial charge in [-0.2, -0.15) is 0 Å². The molecular formula is C22H23ClFN3O2. The minimum absolute atomic E-state index is 0.0174. The summed E-state index contributed by atoms with van der Waals surface area (Å²) in [5.74, 6) is -0.885. The van der Waals surface area contributed by atoms with Crippen LogP contribution in [0, 0.1) is 11.7 Å². The van der Waals surface area contributed by atoms with Gasteiger partial charge in [0.05, 0.1) is 6.54 Å². The highest BCUT2D eigenvalue weighted by Gasteiger charge is 2.45. The van der Waals surface area contributed by atoms with Gasteiger partial charge in [-0.1, -0.05) is 35.9 Å². The van der Waals surface area contributed by atoms with Crippen molar-refractivity contribution in [2.45, 2.75) is 12.3 Å². The minimum atomic E-state index is -0.276. The van der Waals surface area contributed by atoms with E-state index in [0.29, 0.717) is 30.1 Å². The summed E-state index contributed by atoms with van der Waals surface area (Å²) in [6, 6.07) is 14.2. The van der Waals surface area contributed by atoms with Crippen LogP contribution < -0.4 is 10.2 Å². The summed E-state index contributed by atoms with van der Waals surface area (Å²) in [4.78, 5) is 28.7. The van der Waals surface area contributed by atoms with Gasteiger partial charge in [0.15, 0.2) is 0 Å². The molecule has 2 fully saturated rings. The lowest BCUT2D eigenvalue weighted by Crippen LogP contribution is -2.51. The number of nitrogens with one attached hydrogen (secondary N) is 1. The zero-order chi connectivity index (χ0) is 20.4. The van der Waals surface area contributed by atoms with Gasteiger partial charge in [0, 0.05) is 42.8 Å². The van der Waals surface area contributed by atoms with Crippen molar-refractivity contribution >= 4 is 29.1 Å². The molecule has 7 heteroatoms. The number of piperazine rings is 1. The van der Waals surface area contributed by atoms with E-state index in [1.165, 1.54) is 6.07 Å². The van der Waals surface area contributed by atoms with Crippen molar-refractivity contribution in [1.82, 2.24) is 10.2 Å². The van der Waals surface area contributed by atoms with Crippen LogP contribution in [0.25, 0.3) is 0 Å². The average Bonchev–Trinajstić information content (AvgIpc) is 3.53. The molecule has 2 aliphatic rings. The first-order chi connectivity index (χ1) is 14.0. The second kappa shape index (κ2) is 8.41. The topological polar surface area (TPSA) is 52.7 Å². The molecule has 1 N–H and O–H groups in total. The lowest BCUT2D eigenvalue weighted by Gasteiger charge is -2.36. The number of halogens is 2. The largest absolute Gasteiger partial charge is 0.368 e. The maximum atomic E-state index is 13.8. The molecule has 2 atom stereocenters. The molecule has 0 radical (unpaired) electrons. The molecule has 2 unspecified atom stereocenters. The van der Waals surface area contributed by atoms with Gasteiger partial charge >= 0.3 is 0 Å². The third-order valence-electron chi connectivity index (χ3n) is 5.65. The van der Waals surface area contributed by atoms with Crippen molar-refractivity contribution in [1.29, 1.82) is 0 Å². The molecule has 5 nitrogen and oxygen atoms in total. The van der Waals surface area contributed by atoms with E-state index in [4.69, 9.17) is 11.6 Å². The third kappa shape index (κ3) is 4.53. The molecule has 1 aliphatic carbocycles. The highest BCUT2D eigenvalue weighted by Crippen LogP contribution is 2.48. The molecule has 0 spiro atoms. The lowest BCUT2D eigenvalue weighted by molar-refractivity contribution is -0.133. The monoisotopic (exact) mass is 415 g/mol. The Balaban J connectivity index is 1.23. The molecule has 29 heavy (non-hydrogen) atoms. The van der Waals surface area contributed by atoms with Gasteiger partial charge in [0.1, 0.15) is 5.82 Å². The first-order valence-electron chi connectivity index (χ1n) is 9.83. The van der Waals surface area contributed by atoms with Crippen LogP contribution in [0.4, 0.5) is 10.1 Å². The van der Waals surface area contributed by atoms with Crippen LogP contribution in [0.1, 0.15) is 17.9 Å². The first kappa shape index (κ1) is 19.7. The number of hydrogen-bond donors (Lipinski definition) is 1. The summed E-state index contributed by atoms with van der Waals surface area (Å²) in [5, 5.41) is 3.42. The number of amides is 2. The van der Waals surface area contributed by atoms with Crippen molar-refractivity contribution in [2.24, 2.45) is 5.92 Å². The molecule has 4 rings (SSSR count). The van der Waals surface area contributed by atoms with Crippen molar-refractivity contribution in [3.05, 3.63) is 64.9 Å². The summed E-state index contributed by atoms with van der Waals surface area (Å²) in [5.41, 5.74) is 1.63. The molecular weight excluding hydrogens is 393 g/mol. The van der Waals surface area contributed by atoms with Crippen LogP contribution in [0.3, 0.4) is 0 Å². The summed E-state index contributed by atoms with van der Waals surface area (Å²) >= 11 is 6.05. The van der Waals surface area contributed by atoms with Crippen LogP contribution in [0.5, 0.6) is 0 Å². The molecule has 0 aromatic heterocycles. The SMILES string of the molecule is O=C(NCC(=O)N1CCN(c2cccc(Cl)c2)CC1)C1CC1c1ccccc1F. The minimum Gasteiger partial charge on any atom is -0.368 e. The normalized spacial score (nSPS) is 21.0. The number of rotatable bonds is 5. The summed E-state index contributed by atoms with van der Waals surface area (Å²) in [7, 11) is 0. The molecule has 0 bridgehead atoms. The van der Waals surface area contributed by atoms with E-state index in [1.807, 2.05) is 24.3 Å². The summed E-state index contributed by atoms with van der Waals surface area (Å²) in [6.07, 6.45) is 0.624. The lowest BCUT2D eigenvalue weighted by atomic mass is 10.1. The van der Waals surface area contributed by atoms with E-state index >= 15 is 0 Å². The average molecular weight is 416 g/mol. The van der Waals surface area contributed by atoms with Crippen LogP contribution in [0.15, 0.2) is 48.5 Å². The van der Waals surface area contributed by atoms with Crippen molar-refractivity contribution in [2.75, 3.05) is 37.6 Å². The van der Waals surface area contributed by atoms with Gasteiger partial charge in [-0.15, -0.1) is 0 Å². The zero-order valence-corrected chi connectivity index (χ0v) is 16.7. The van der Waals surface area contributed by atoms with E-state index < -0.39 is 0 Å². The fraction of sp³-hybridized carbons (Fsp3) is 0.364. The van der Waals surface area contributed by atoms with E-state index in [1.54, 1.807) is 23.1 Å². The third-order valence-corrected chi connectivity index (χ3v) is 5.89. The smallest absolute Gasteiger partial charge is 0.242 e. The van der Waals surface area contributed by atoms with Crippen LogP contribution in [-0.2, 0) is 9.59 Å². The van der Waals surface area contributed by atoms with Crippen molar-refractivity contribution < 1.29 is 14.0 Å². The maximum absolute atomic E-state index is 13.8. The predicted molar refractivity (Wildman–Crippen MR) is 111 cm³/mol. The Labute approximate surface area is 174 Å². The molecule has 1 heterocycles. The number of nitrogens with zero attached hydrogens (tertiary/aromatic N) is 2. The second-order valence-electron chi connectivity index (χ2n) is 7.54. The molecule has 2 aromatic carbocycles. The number of carbonyl (C=O) groups excluding carboxylic acids is 2. The number of anilines is 1. The van der Waals surface area contributed by atoms with Crippen LogP contribution >= 0.6 is 11.6 Å². The van der Waals surface area contributed by atoms with E-state index in [0.717, 1.165) is 18.8 Å². The highest BCUT2D eigenvalue weighted by molar-refractivity contribution is 6.30. The molecule has 1 saturated carbocycles. The quantitative estimate of drug-likeness (QED) is 0.816. The van der Waals surface area contributed by atoms with Gasteiger partial charge in [0.25, 0.3) is 0 Å². The standard InChI is InChI=1S/C22H23ClFN3O2/c23-15-4-3-5-16(12-15)26-8-10-27(11-9-26)21(28)14-25-22(29)19-13-18(19)17-6-1-2-7-20(17)24/h1-7,12,18-19H,8-11,13-14H2,(H,25,29). The molecule has 2 aromatic rings. The van der Waals surface area contributed by atoms with E-state index in [9.17, 15) is 14.0 Å². The van der Waals surface area contributed by atoms with Crippen molar-refractivity contribution in [3.8, 4) is 0 Å². The van der Waals surface area contributed by atoms with Crippen LogP contribution in [-0.4, -0.2) is 49.4 Å². The Hall–Kier alpha value is -2.60. The van der Waals surface area contributed by atoms with Crippen LogP contribution in [0.2, 0.25) is 5.02 Å². The van der Waals surface area contributed by atoms with Gasteiger partial charge in [-0.05, 0) is 42.2 Å². The Bertz CT molecular complexity index is 914. The van der Waals surface area contributed by atoms with Gasteiger partial charge < -0.3 is 15.1 Å². The molecule has 2 amide bonds. The van der Waals surface area contributed by atoms with Crippen molar-refractivity contribution in [3.63, 3.8) is 0 Å². The highest BCUT2D eigenvalue weighted by atomic mass is 35.5. The number of carbonyl (C=O) groups is 2. The summed E-state index contributed by atoms with van der Waals surface area (Å²) in [6.45, 7) is 2.62. The molecule has 1 saturated heterocycles. The van der Waals surface area contributed by atoms with Gasteiger partial charge in [-0.25, -0.2) is 4.39 Å². The number of benzene rings is 2. The Morgan fingerprint density at radius 1 is 1.07 bits per heavy atom. The fourth-order valence-corrected chi connectivity index (χ4v) is 4.08. The Kier molecular flexibility index (Phi) is 5.72. The fourth-order valence-electron chi connectivity index (χ4n) is 3.90. The van der Waals surface area contributed by atoms with E-state index in [-0.39, 0.29) is 36.0 Å². The van der Waals surface area contributed by atoms with Gasteiger partial charge in [0.2, 0.25) is 11.8 Å². The maximum Gasteiger partial charge on any atom is 0.242 e. The Morgan fingerprint density at radius 2 is 1.83 bits per heavy atom. The second-order valence-corrected chi connectivity index (χ2v) is 7.97. The van der Waals surface area contributed by atoms with Gasteiger partial charge in [-0.3, -0.25) is 9.59 Å². The predicted octanol–water partition coefficient (Wildman–Crippen LogP) is 3.05. The Morgan fingerprint density at radius 3 is 2.55 bits per heavy atom. The summed E-state index contributed by atoms with van der Waals surface area (Å²) < 4.78 is 13.8. The first-order valence-corrected chi connectivity index (χ1v) is 10.2. The zero-order valence-electron chi connectivity index (χ0n) is 16.0. The van der Waals surface area contributed by atoms with E-state index in [2.05, 4.69) is 10.2 Å². The molecule has 152 valence electrons. The molecule has 1 aliphatic heterocycles.